The summed E-state index contributed by atoms with van der Waals surface area (Å²) in [6.45, 7) is -0.131. The largest absolute Gasteiger partial charge is 0.448 e. The summed E-state index contributed by atoms with van der Waals surface area (Å²) in [5.74, 6) is -0.510. The number of likely N-dealkylation sites (tertiary alicyclic amines) is 1. The molecule has 42 heavy (non-hydrogen) atoms. The molecule has 5 rings (SSSR count). The molecule has 9 nitrogen and oxygen atoms in total. The van der Waals surface area contributed by atoms with E-state index in [1.165, 1.54) is 18.2 Å². The highest BCUT2D eigenvalue weighted by molar-refractivity contribution is 6.67. The topological polar surface area (TPSA) is 117 Å². The molecule has 3 N–H and O–H groups in total. The minimum absolute atomic E-state index is 0.0642. The fourth-order valence-corrected chi connectivity index (χ4v) is 5.57. The van der Waals surface area contributed by atoms with Crippen molar-refractivity contribution in [2.24, 2.45) is 0 Å². The van der Waals surface area contributed by atoms with Crippen molar-refractivity contribution in [2.45, 2.75) is 28.6 Å². The van der Waals surface area contributed by atoms with Crippen molar-refractivity contribution in [1.82, 2.24) is 4.90 Å². The van der Waals surface area contributed by atoms with Crippen molar-refractivity contribution in [1.29, 1.82) is 0 Å². The Kier molecular flexibility index (Phi) is 9.13. The summed E-state index contributed by atoms with van der Waals surface area (Å²) in [5.41, 5.74) is 4.85. The van der Waals surface area contributed by atoms with Crippen LogP contribution in [0, 0.1) is 0 Å². The number of amides is 3. The fourth-order valence-electron chi connectivity index (χ4n) is 5.41. The predicted octanol–water partition coefficient (Wildman–Crippen LogP) is 6.56. The number of nitrogens with one attached hydrogen (secondary N) is 2. The van der Waals surface area contributed by atoms with Gasteiger partial charge in [0.2, 0.25) is 3.79 Å². The molecule has 0 aromatic heterocycles. The molecule has 0 saturated carbocycles. The summed E-state index contributed by atoms with van der Waals surface area (Å²) in [5, 5.41) is 14.8. The number of nitrogens with zero attached hydrogens (tertiary/aromatic N) is 1. The molecule has 0 radical (unpaired) electrons. The normalized spacial score (nSPS) is 16.0. The molecule has 1 aliphatic heterocycles. The first-order valence-electron chi connectivity index (χ1n) is 13.3. The Labute approximate surface area is 257 Å². The third-order valence-electron chi connectivity index (χ3n) is 7.29. The highest BCUT2D eigenvalue weighted by atomic mass is 35.6. The van der Waals surface area contributed by atoms with Gasteiger partial charge in [0.1, 0.15) is 13.2 Å². The van der Waals surface area contributed by atoms with Crippen molar-refractivity contribution < 1.29 is 29.0 Å². The van der Waals surface area contributed by atoms with Crippen molar-refractivity contribution in [2.75, 3.05) is 37.0 Å². The number of ether oxygens (including phenoxy) is 2. The number of aliphatic hydroxyl groups is 1. The van der Waals surface area contributed by atoms with E-state index >= 15 is 0 Å². The molecule has 3 aromatic rings. The highest BCUT2D eigenvalue weighted by Crippen LogP contribution is 2.44. The standard InChI is InChI=1S/C30H28Cl3N3O6/c31-30(32,33)17-42-29(40)35-26-14-18(11-12-24(26)27(38)36-13-5-6-19(36)15-37)34-28(39)41-16-25-22-9-3-1-7-20(22)21-8-2-4-10-23(21)25/h1-4,7-12,14,19,25,37H,5-6,13,15-17H2,(H,34,39)(H,35,40). The smallest absolute Gasteiger partial charge is 0.411 e. The second-order valence-electron chi connectivity index (χ2n) is 10.0. The third-order valence-corrected chi connectivity index (χ3v) is 7.62. The van der Waals surface area contributed by atoms with Gasteiger partial charge in [-0.3, -0.25) is 15.4 Å². The second kappa shape index (κ2) is 12.8. The average molecular weight is 633 g/mol. The maximum Gasteiger partial charge on any atom is 0.411 e. The van der Waals surface area contributed by atoms with Crippen LogP contribution < -0.4 is 10.6 Å². The number of hydrogen-bond donors (Lipinski definition) is 3. The summed E-state index contributed by atoms with van der Waals surface area (Å²) in [4.78, 5) is 40.2. The molecule has 2 aliphatic rings. The minimum Gasteiger partial charge on any atom is -0.448 e. The number of benzene rings is 3. The molecule has 1 heterocycles. The maximum absolute atomic E-state index is 13.4. The van der Waals surface area contributed by atoms with Gasteiger partial charge in [-0.25, -0.2) is 9.59 Å². The number of aliphatic hydroxyl groups excluding tert-OH is 1. The Hall–Kier alpha value is -3.50. The molecule has 0 bridgehead atoms. The number of hydrogen-bond acceptors (Lipinski definition) is 6. The molecule has 1 aliphatic carbocycles. The van der Waals surface area contributed by atoms with Gasteiger partial charge in [-0.15, -0.1) is 0 Å². The summed E-state index contributed by atoms with van der Waals surface area (Å²) in [7, 11) is 0. The lowest BCUT2D eigenvalue weighted by atomic mass is 9.98. The molecular weight excluding hydrogens is 605 g/mol. The van der Waals surface area contributed by atoms with E-state index in [2.05, 4.69) is 22.8 Å². The molecule has 3 aromatic carbocycles. The van der Waals surface area contributed by atoms with Gasteiger partial charge in [-0.05, 0) is 53.3 Å². The molecule has 1 atom stereocenters. The van der Waals surface area contributed by atoms with Gasteiger partial charge in [0, 0.05) is 18.2 Å². The van der Waals surface area contributed by atoms with Gasteiger partial charge in [0.15, 0.2) is 0 Å². The Morgan fingerprint density at radius 1 is 0.905 bits per heavy atom. The Morgan fingerprint density at radius 3 is 2.19 bits per heavy atom. The van der Waals surface area contributed by atoms with Crippen molar-refractivity contribution in [3.05, 3.63) is 83.4 Å². The van der Waals surface area contributed by atoms with Crippen LogP contribution in [0.1, 0.15) is 40.2 Å². The molecule has 1 saturated heterocycles. The lowest BCUT2D eigenvalue weighted by molar-refractivity contribution is 0.0678. The van der Waals surface area contributed by atoms with Crippen LogP contribution in [-0.4, -0.2) is 64.3 Å². The van der Waals surface area contributed by atoms with Gasteiger partial charge in [-0.1, -0.05) is 83.3 Å². The quantitative estimate of drug-likeness (QED) is 0.254. The fraction of sp³-hybridized carbons (Fsp3) is 0.300. The second-order valence-corrected chi connectivity index (χ2v) is 12.5. The first-order valence-corrected chi connectivity index (χ1v) is 14.5. The van der Waals surface area contributed by atoms with E-state index < -0.39 is 28.5 Å². The predicted molar refractivity (Wildman–Crippen MR) is 162 cm³/mol. The van der Waals surface area contributed by atoms with E-state index in [1.54, 1.807) is 4.90 Å². The van der Waals surface area contributed by atoms with Crippen LogP contribution in [0.2, 0.25) is 0 Å². The zero-order valence-electron chi connectivity index (χ0n) is 22.3. The number of alkyl halides is 3. The summed E-state index contributed by atoms with van der Waals surface area (Å²) < 4.78 is 8.76. The molecule has 1 fully saturated rings. The molecule has 0 spiro atoms. The minimum atomic E-state index is -1.83. The van der Waals surface area contributed by atoms with Crippen LogP contribution in [0.3, 0.4) is 0 Å². The Bertz CT molecular complexity index is 1450. The van der Waals surface area contributed by atoms with Crippen LogP contribution >= 0.6 is 34.8 Å². The van der Waals surface area contributed by atoms with Gasteiger partial charge >= 0.3 is 12.2 Å². The lowest BCUT2D eigenvalue weighted by Crippen LogP contribution is -2.38. The molecular formula is C30H28Cl3N3O6. The van der Waals surface area contributed by atoms with E-state index in [0.717, 1.165) is 28.7 Å². The van der Waals surface area contributed by atoms with Crippen LogP contribution in [0.25, 0.3) is 11.1 Å². The molecule has 220 valence electrons. The Morgan fingerprint density at radius 2 is 1.55 bits per heavy atom. The van der Waals surface area contributed by atoms with E-state index in [9.17, 15) is 19.5 Å². The van der Waals surface area contributed by atoms with Gasteiger partial charge in [0.25, 0.3) is 5.91 Å². The SMILES string of the molecule is O=C(Nc1ccc(C(=O)N2CCCC2CO)c(NC(=O)OCC(Cl)(Cl)Cl)c1)OCC1c2ccccc2-c2ccccc21. The molecule has 3 amide bonds. The average Bonchev–Trinajstić information content (AvgIpc) is 3.57. The van der Waals surface area contributed by atoms with Crippen LogP contribution in [0.5, 0.6) is 0 Å². The lowest BCUT2D eigenvalue weighted by Gasteiger charge is -2.24. The monoisotopic (exact) mass is 631 g/mol. The van der Waals surface area contributed by atoms with Crippen LogP contribution in [-0.2, 0) is 9.47 Å². The summed E-state index contributed by atoms with van der Waals surface area (Å²) in [6, 6.07) is 20.1. The van der Waals surface area contributed by atoms with Crippen molar-refractivity contribution >= 4 is 64.3 Å². The summed E-state index contributed by atoms with van der Waals surface area (Å²) >= 11 is 17.0. The van der Waals surface area contributed by atoms with Crippen molar-refractivity contribution in [3.63, 3.8) is 0 Å². The third kappa shape index (κ3) is 6.76. The number of carbonyl (C=O) groups is 3. The zero-order valence-corrected chi connectivity index (χ0v) is 24.6. The number of fused-ring (bicyclic) bond motifs is 3. The van der Waals surface area contributed by atoms with E-state index in [0.29, 0.717) is 13.0 Å². The zero-order chi connectivity index (χ0) is 29.9. The van der Waals surface area contributed by atoms with Gasteiger partial charge in [0.05, 0.1) is 23.9 Å². The first kappa shape index (κ1) is 30.0. The van der Waals surface area contributed by atoms with Crippen molar-refractivity contribution in [3.8, 4) is 11.1 Å². The van der Waals surface area contributed by atoms with Crippen LogP contribution in [0.4, 0.5) is 21.0 Å². The number of halogens is 3. The van der Waals surface area contributed by atoms with E-state index in [4.69, 9.17) is 44.3 Å². The van der Waals surface area contributed by atoms with Crippen LogP contribution in [0.15, 0.2) is 66.7 Å². The summed E-state index contributed by atoms with van der Waals surface area (Å²) in [6.07, 6.45) is -0.265. The Balaban J connectivity index is 1.31. The highest BCUT2D eigenvalue weighted by Gasteiger charge is 2.32. The first-order chi connectivity index (χ1) is 20.1. The number of carbonyl (C=O) groups excluding carboxylic acids is 3. The van der Waals surface area contributed by atoms with Gasteiger partial charge in [-0.2, -0.15) is 0 Å². The van der Waals surface area contributed by atoms with E-state index in [1.807, 2.05) is 36.4 Å². The number of rotatable bonds is 7. The maximum atomic E-state index is 13.4. The van der Waals surface area contributed by atoms with Gasteiger partial charge < -0.3 is 19.5 Å². The molecule has 1 unspecified atom stereocenters. The van der Waals surface area contributed by atoms with E-state index in [-0.39, 0.29) is 42.1 Å². The number of anilines is 2. The molecule has 12 heteroatoms.